The number of hydrogen-bond acceptors (Lipinski definition) is 3. The van der Waals surface area contributed by atoms with Crippen molar-refractivity contribution in [3.63, 3.8) is 0 Å². The Bertz CT molecular complexity index is 660. The molecule has 1 amide bonds. The van der Waals surface area contributed by atoms with E-state index in [2.05, 4.69) is 5.32 Å². The molecule has 0 bridgehead atoms. The van der Waals surface area contributed by atoms with Gasteiger partial charge in [0.15, 0.2) is 5.82 Å². The molecular weight excluding hydrogens is 319 g/mol. The standard InChI is InChI=1S/C13H18ClFN2O3S/c1-4-13(2,3)7-17-12(18)9-5-8(14)6-10(11(9)15)21(16,19)20/h5-6H,4,7H2,1-3H3,(H,17,18)(H2,16,19,20). The van der Waals surface area contributed by atoms with Crippen molar-refractivity contribution in [1.82, 2.24) is 5.32 Å². The first kappa shape index (κ1) is 17.9. The van der Waals surface area contributed by atoms with Crippen LogP contribution in [-0.4, -0.2) is 20.9 Å². The molecule has 0 aliphatic carbocycles. The van der Waals surface area contributed by atoms with Crippen molar-refractivity contribution >= 4 is 27.5 Å². The lowest BCUT2D eigenvalue weighted by Crippen LogP contribution is -2.34. The highest BCUT2D eigenvalue weighted by molar-refractivity contribution is 7.89. The van der Waals surface area contributed by atoms with Crippen LogP contribution in [0.1, 0.15) is 37.6 Å². The van der Waals surface area contributed by atoms with Crippen LogP contribution in [0.2, 0.25) is 5.02 Å². The van der Waals surface area contributed by atoms with Gasteiger partial charge in [-0.25, -0.2) is 17.9 Å². The molecule has 0 radical (unpaired) electrons. The van der Waals surface area contributed by atoms with Gasteiger partial charge >= 0.3 is 0 Å². The lowest BCUT2D eigenvalue weighted by molar-refractivity contribution is 0.0931. The topological polar surface area (TPSA) is 89.3 Å². The van der Waals surface area contributed by atoms with Crippen LogP contribution < -0.4 is 10.5 Å². The van der Waals surface area contributed by atoms with E-state index in [1.807, 2.05) is 20.8 Å². The number of rotatable bonds is 5. The molecule has 0 spiro atoms. The van der Waals surface area contributed by atoms with Crippen LogP contribution in [0.15, 0.2) is 17.0 Å². The Labute approximate surface area is 128 Å². The van der Waals surface area contributed by atoms with E-state index in [0.29, 0.717) is 6.54 Å². The molecule has 3 N–H and O–H groups in total. The summed E-state index contributed by atoms with van der Waals surface area (Å²) in [6.07, 6.45) is 0.813. The van der Waals surface area contributed by atoms with Gasteiger partial charge in [0, 0.05) is 11.6 Å². The summed E-state index contributed by atoms with van der Waals surface area (Å²) < 4.78 is 36.7. The average Bonchev–Trinajstić information content (AvgIpc) is 2.37. The summed E-state index contributed by atoms with van der Waals surface area (Å²) in [5, 5.41) is 7.38. The highest BCUT2D eigenvalue weighted by Crippen LogP contribution is 2.23. The third kappa shape index (κ3) is 4.66. The fourth-order valence-electron chi connectivity index (χ4n) is 1.48. The van der Waals surface area contributed by atoms with Gasteiger partial charge in [-0.2, -0.15) is 0 Å². The molecule has 118 valence electrons. The maximum absolute atomic E-state index is 14.1. The van der Waals surface area contributed by atoms with E-state index in [0.717, 1.165) is 18.6 Å². The number of primary sulfonamides is 1. The summed E-state index contributed by atoms with van der Waals surface area (Å²) in [4.78, 5) is 11.2. The van der Waals surface area contributed by atoms with Crippen LogP contribution in [0, 0.1) is 11.2 Å². The molecule has 0 heterocycles. The number of sulfonamides is 1. The van der Waals surface area contributed by atoms with E-state index in [9.17, 15) is 17.6 Å². The van der Waals surface area contributed by atoms with Gasteiger partial charge in [-0.1, -0.05) is 32.4 Å². The average molecular weight is 337 g/mol. The second kappa shape index (κ2) is 6.29. The van der Waals surface area contributed by atoms with E-state index in [-0.39, 0.29) is 10.4 Å². The van der Waals surface area contributed by atoms with Gasteiger partial charge in [-0.15, -0.1) is 0 Å². The first-order valence-corrected chi connectivity index (χ1v) is 8.20. The molecule has 0 aliphatic rings. The van der Waals surface area contributed by atoms with Crippen molar-refractivity contribution in [2.75, 3.05) is 6.54 Å². The Kier molecular flexibility index (Phi) is 5.35. The molecular formula is C13H18ClFN2O3S. The number of nitrogens with two attached hydrogens (primary N) is 1. The van der Waals surface area contributed by atoms with Crippen LogP contribution in [0.25, 0.3) is 0 Å². The molecule has 0 atom stereocenters. The van der Waals surface area contributed by atoms with E-state index >= 15 is 0 Å². The van der Waals surface area contributed by atoms with E-state index in [1.54, 1.807) is 0 Å². The summed E-state index contributed by atoms with van der Waals surface area (Å²) >= 11 is 5.72. The minimum absolute atomic E-state index is 0.0830. The minimum atomic E-state index is -4.30. The summed E-state index contributed by atoms with van der Waals surface area (Å²) in [7, 11) is -4.30. The van der Waals surface area contributed by atoms with Gasteiger partial charge < -0.3 is 5.32 Å². The maximum atomic E-state index is 14.1. The van der Waals surface area contributed by atoms with E-state index in [4.69, 9.17) is 16.7 Å². The van der Waals surface area contributed by atoms with Crippen molar-refractivity contribution in [3.05, 3.63) is 28.5 Å². The summed E-state index contributed by atoms with van der Waals surface area (Å²) in [6.45, 7) is 6.17. The summed E-state index contributed by atoms with van der Waals surface area (Å²) in [6, 6.07) is 1.94. The Morgan fingerprint density at radius 1 is 1.43 bits per heavy atom. The molecule has 0 saturated heterocycles. The zero-order valence-electron chi connectivity index (χ0n) is 12.0. The van der Waals surface area contributed by atoms with Crippen LogP contribution >= 0.6 is 11.6 Å². The quantitative estimate of drug-likeness (QED) is 0.864. The van der Waals surface area contributed by atoms with Crippen molar-refractivity contribution in [2.24, 2.45) is 10.6 Å². The maximum Gasteiger partial charge on any atom is 0.254 e. The Hall–Kier alpha value is -1.18. The van der Waals surface area contributed by atoms with E-state index in [1.165, 1.54) is 0 Å². The van der Waals surface area contributed by atoms with Gasteiger partial charge in [0.2, 0.25) is 10.0 Å². The molecule has 1 rings (SSSR count). The molecule has 0 aliphatic heterocycles. The third-order valence-corrected chi connectivity index (χ3v) is 4.37. The summed E-state index contributed by atoms with van der Waals surface area (Å²) in [5.41, 5.74) is -0.605. The minimum Gasteiger partial charge on any atom is -0.351 e. The molecule has 0 unspecified atom stereocenters. The predicted octanol–water partition coefficient (Wildman–Crippen LogP) is 2.29. The van der Waals surface area contributed by atoms with Crippen LogP contribution in [0.3, 0.4) is 0 Å². The number of hydrogen-bond donors (Lipinski definition) is 2. The van der Waals surface area contributed by atoms with Crippen LogP contribution in [0.4, 0.5) is 4.39 Å². The number of nitrogens with one attached hydrogen (secondary N) is 1. The van der Waals surface area contributed by atoms with Gasteiger partial charge in [0.1, 0.15) is 4.90 Å². The molecule has 8 heteroatoms. The second-order valence-corrected chi connectivity index (χ2v) is 7.48. The van der Waals surface area contributed by atoms with Gasteiger partial charge in [-0.3, -0.25) is 4.79 Å². The van der Waals surface area contributed by atoms with Crippen molar-refractivity contribution in [1.29, 1.82) is 0 Å². The van der Waals surface area contributed by atoms with Crippen molar-refractivity contribution in [3.8, 4) is 0 Å². The number of amides is 1. The molecule has 0 fully saturated rings. The monoisotopic (exact) mass is 336 g/mol. The van der Waals surface area contributed by atoms with Gasteiger partial charge in [-0.05, 0) is 24.0 Å². The first-order chi connectivity index (χ1) is 9.48. The van der Waals surface area contributed by atoms with Gasteiger partial charge in [0.05, 0.1) is 5.56 Å². The van der Waals surface area contributed by atoms with Crippen molar-refractivity contribution in [2.45, 2.75) is 32.1 Å². The third-order valence-electron chi connectivity index (χ3n) is 3.24. The number of carbonyl (C=O) groups is 1. The zero-order chi connectivity index (χ0) is 16.4. The van der Waals surface area contributed by atoms with Crippen molar-refractivity contribution < 1.29 is 17.6 Å². The highest BCUT2D eigenvalue weighted by Gasteiger charge is 2.24. The van der Waals surface area contributed by atoms with E-state index < -0.39 is 32.2 Å². The molecule has 0 saturated carbocycles. The lowest BCUT2D eigenvalue weighted by Gasteiger charge is -2.23. The Morgan fingerprint density at radius 2 is 2.00 bits per heavy atom. The molecule has 5 nitrogen and oxygen atoms in total. The number of halogens is 2. The lowest BCUT2D eigenvalue weighted by atomic mass is 9.90. The molecule has 21 heavy (non-hydrogen) atoms. The first-order valence-electron chi connectivity index (χ1n) is 6.28. The largest absolute Gasteiger partial charge is 0.351 e. The van der Waals surface area contributed by atoms with Crippen LogP contribution in [-0.2, 0) is 10.0 Å². The molecule has 0 aromatic heterocycles. The summed E-state index contributed by atoms with van der Waals surface area (Å²) in [5.74, 6) is -1.94. The molecule has 1 aromatic carbocycles. The smallest absolute Gasteiger partial charge is 0.254 e. The highest BCUT2D eigenvalue weighted by atomic mass is 35.5. The normalized spacial score (nSPS) is 12.3. The Morgan fingerprint density at radius 3 is 2.48 bits per heavy atom. The van der Waals surface area contributed by atoms with Gasteiger partial charge in [0.25, 0.3) is 5.91 Å². The number of carbonyl (C=O) groups excluding carboxylic acids is 1. The second-order valence-electron chi connectivity index (χ2n) is 5.51. The molecule has 1 aromatic rings. The van der Waals surface area contributed by atoms with Crippen LogP contribution in [0.5, 0.6) is 0 Å². The Balaban J connectivity index is 3.14. The zero-order valence-corrected chi connectivity index (χ0v) is 13.6. The predicted molar refractivity (Wildman–Crippen MR) is 79.2 cm³/mol. The fourth-order valence-corrected chi connectivity index (χ4v) is 2.41. The fraction of sp³-hybridized carbons (Fsp3) is 0.462. The SMILES string of the molecule is CCC(C)(C)CNC(=O)c1cc(Cl)cc(S(N)(=O)=O)c1F. The number of benzene rings is 1.